The number of nitriles is 1. The lowest BCUT2D eigenvalue weighted by Crippen LogP contribution is -2.41. The summed E-state index contributed by atoms with van der Waals surface area (Å²) in [5, 5.41) is 15.4. The second kappa shape index (κ2) is 10.7. The van der Waals surface area contributed by atoms with Gasteiger partial charge < -0.3 is 23.5 Å². The molecule has 0 N–H and O–H groups in total. The molecule has 41 heavy (non-hydrogen) atoms. The van der Waals surface area contributed by atoms with Gasteiger partial charge in [-0.05, 0) is 63.0 Å². The van der Waals surface area contributed by atoms with Gasteiger partial charge in [0, 0.05) is 28.4 Å². The molecule has 210 valence electrons. The molecular formula is C30H30BClN4O5. The zero-order chi connectivity index (χ0) is 28.8. The number of pyridine rings is 1. The molecule has 2 aliphatic rings. The van der Waals surface area contributed by atoms with Crippen LogP contribution in [0, 0.1) is 11.3 Å². The Morgan fingerprint density at radius 1 is 1.07 bits per heavy atom. The predicted octanol–water partition coefficient (Wildman–Crippen LogP) is 4.93. The van der Waals surface area contributed by atoms with E-state index < -0.39 is 24.6 Å². The summed E-state index contributed by atoms with van der Waals surface area (Å²) in [7, 11) is -0.496. The molecule has 2 aromatic heterocycles. The van der Waals surface area contributed by atoms with Crippen molar-refractivity contribution in [2.45, 2.75) is 58.3 Å². The normalized spacial score (nSPS) is 18.2. The Morgan fingerprint density at radius 3 is 2.56 bits per heavy atom. The van der Waals surface area contributed by atoms with Gasteiger partial charge in [-0.3, -0.25) is 9.67 Å². The lowest BCUT2D eigenvalue weighted by Gasteiger charge is -2.32. The van der Waals surface area contributed by atoms with Crippen molar-refractivity contribution < 1.29 is 23.5 Å². The van der Waals surface area contributed by atoms with Crippen LogP contribution in [-0.2, 0) is 31.9 Å². The van der Waals surface area contributed by atoms with Gasteiger partial charge >= 0.3 is 7.12 Å². The first-order chi connectivity index (χ1) is 19.6. The van der Waals surface area contributed by atoms with Crippen LogP contribution >= 0.6 is 11.6 Å². The minimum atomic E-state index is -0.576. The highest BCUT2D eigenvalue weighted by Gasteiger charge is 2.52. The molecule has 0 atom stereocenters. The minimum Gasteiger partial charge on any atom is -0.488 e. The maximum absolute atomic E-state index is 9.22. The van der Waals surface area contributed by atoms with Crippen LogP contribution in [-0.4, -0.2) is 46.3 Å². The summed E-state index contributed by atoms with van der Waals surface area (Å²) in [6.07, 6.45) is 4.45. The van der Waals surface area contributed by atoms with E-state index in [0.29, 0.717) is 41.7 Å². The minimum absolute atomic E-state index is 0.214. The quantitative estimate of drug-likeness (QED) is 0.288. The number of ether oxygens (including phenoxy) is 3. The average molecular weight is 573 g/mol. The van der Waals surface area contributed by atoms with Gasteiger partial charge in [0.2, 0.25) is 0 Å². The first kappa shape index (κ1) is 27.7. The van der Waals surface area contributed by atoms with E-state index in [-0.39, 0.29) is 6.61 Å². The molecule has 0 saturated carbocycles. The molecule has 0 bridgehead atoms. The Hall–Kier alpha value is -3.46. The van der Waals surface area contributed by atoms with Crippen molar-refractivity contribution in [2.24, 2.45) is 0 Å². The van der Waals surface area contributed by atoms with Crippen LogP contribution < -0.4 is 10.2 Å². The number of nitrogens with zero attached hydrogens (tertiary/aromatic N) is 4. The molecule has 6 rings (SSSR count). The molecule has 9 nitrogen and oxygen atoms in total. The van der Waals surface area contributed by atoms with Gasteiger partial charge in [-0.1, -0.05) is 23.7 Å². The van der Waals surface area contributed by atoms with Crippen molar-refractivity contribution in [1.82, 2.24) is 14.8 Å². The number of fused-ring (bicyclic) bond motifs is 1. The molecule has 2 fully saturated rings. The fraction of sp³-hybridized carbons (Fsp3) is 0.367. The SMILES string of the molecule is CC1(C)OB(c2cccc3c2cnn3Cc2cc(OCc3cncc(C#N)c3)c(C3OCCO3)cc2Cl)OC1(C)C. The molecule has 4 heterocycles. The fourth-order valence-corrected chi connectivity index (χ4v) is 5.19. The molecule has 0 radical (unpaired) electrons. The van der Waals surface area contributed by atoms with Crippen LogP contribution in [0.3, 0.4) is 0 Å². The number of aromatic nitrogens is 3. The van der Waals surface area contributed by atoms with Crippen LogP contribution in [0.4, 0.5) is 0 Å². The fourth-order valence-electron chi connectivity index (χ4n) is 4.96. The van der Waals surface area contributed by atoms with E-state index in [1.165, 1.54) is 6.20 Å². The molecule has 0 aliphatic carbocycles. The Kier molecular flexibility index (Phi) is 7.26. The Labute approximate surface area is 244 Å². The lowest BCUT2D eigenvalue weighted by molar-refractivity contribution is -0.0458. The number of rotatable bonds is 7. The summed E-state index contributed by atoms with van der Waals surface area (Å²) < 4.78 is 32.3. The van der Waals surface area contributed by atoms with Crippen molar-refractivity contribution in [3.05, 3.63) is 82.3 Å². The second-order valence-electron chi connectivity index (χ2n) is 11.2. The van der Waals surface area contributed by atoms with Gasteiger partial charge in [-0.15, -0.1) is 0 Å². The standard InChI is InChI=1S/C30H30BClN4O5/c1-29(2)30(3,4)41-31(40-29)24-6-5-7-26-23(24)16-35-36(26)17-21-11-27(22(12-25(21)32)28-37-8-9-38-28)39-18-20-10-19(13-33)14-34-15-20/h5-7,10-12,14-16,28H,8-9,17-18H2,1-4H3. The highest BCUT2D eigenvalue weighted by molar-refractivity contribution is 6.65. The van der Waals surface area contributed by atoms with E-state index in [4.69, 9.17) is 40.2 Å². The molecule has 0 unspecified atom stereocenters. The maximum Gasteiger partial charge on any atom is 0.495 e. The van der Waals surface area contributed by atoms with Crippen LogP contribution in [0.2, 0.25) is 5.02 Å². The van der Waals surface area contributed by atoms with Gasteiger partial charge in [0.05, 0.1) is 53.8 Å². The Morgan fingerprint density at radius 2 is 1.83 bits per heavy atom. The highest BCUT2D eigenvalue weighted by Crippen LogP contribution is 2.38. The van der Waals surface area contributed by atoms with Crippen molar-refractivity contribution in [3.63, 3.8) is 0 Å². The Balaban J connectivity index is 1.31. The monoisotopic (exact) mass is 572 g/mol. The zero-order valence-corrected chi connectivity index (χ0v) is 24.1. The number of benzene rings is 2. The predicted molar refractivity (Wildman–Crippen MR) is 154 cm³/mol. The summed E-state index contributed by atoms with van der Waals surface area (Å²) in [5.41, 5.74) is 3.74. The zero-order valence-electron chi connectivity index (χ0n) is 23.4. The summed E-state index contributed by atoms with van der Waals surface area (Å²) >= 11 is 6.81. The molecule has 2 aromatic carbocycles. The van der Waals surface area contributed by atoms with E-state index in [1.807, 2.05) is 68.9 Å². The van der Waals surface area contributed by atoms with Crippen molar-refractivity contribution in [1.29, 1.82) is 5.26 Å². The van der Waals surface area contributed by atoms with Gasteiger partial charge in [-0.25, -0.2) is 0 Å². The lowest BCUT2D eigenvalue weighted by atomic mass is 9.77. The van der Waals surface area contributed by atoms with Crippen LogP contribution in [0.5, 0.6) is 5.75 Å². The van der Waals surface area contributed by atoms with Gasteiger partial charge in [0.25, 0.3) is 0 Å². The Bertz CT molecular complexity index is 1630. The second-order valence-corrected chi connectivity index (χ2v) is 11.6. The summed E-state index contributed by atoms with van der Waals surface area (Å²) in [4.78, 5) is 4.13. The van der Waals surface area contributed by atoms with Gasteiger partial charge in [0.1, 0.15) is 18.4 Å². The first-order valence-corrected chi connectivity index (χ1v) is 13.9. The topological polar surface area (TPSA) is 101 Å². The molecule has 2 saturated heterocycles. The number of hydrogen-bond donors (Lipinski definition) is 0. The van der Waals surface area contributed by atoms with E-state index in [2.05, 4.69) is 11.1 Å². The molecule has 2 aliphatic heterocycles. The maximum atomic E-state index is 9.22. The van der Waals surface area contributed by atoms with Crippen LogP contribution in [0.1, 0.15) is 56.2 Å². The highest BCUT2D eigenvalue weighted by atomic mass is 35.5. The number of hydrogen-bond acceptors (Lipinski definition) is 8. The summed E-state index contributed by atoms with van der Waals surface area (Å²) in [6, 6.07) is 13.6. The van der Waals surface area contributed by atoms with E-state index in [0.717, 1.165) is 27.5 Å². The first-order valence-electron chi connectivity index (χ1n) is 13.5. The molecular weight excluding hydrogens is 543 g/mol. The molecule has 0 amide bonds. The third kappa shape index (κ3) is 5.32. The summed E-state index contributed by atoms with van der Waals surface area (Å²) in [6.45, 7) is 9.76. The van der Waals surface area contributed by atoms with E-state index in [1.54, 1.807) is 12.3 Å². The molecule has 0 spiro atoms. The van der Waals surface area contributed by atoms with Crippen LogP contribution in [0.25, 0.3) is 10.9 Å². The van der Waals surface area contributed by atoms with E-state index in [9.17, 15) is 5.26 Å². The van der Waals surface area contributed by atoms with Crippen molar-refractivity contribution >= 4 is 35.1 Å². The molecule has 4 aromatic rings. The largest absolute Gasteiger partial charge is 0.495 e. The summed E-state index contributed by atoms with van der Waals surface area (Å²) in [5.74, 6) is 0.577. The average Bonchev–Trinajstić information content (AvgIpc) is 3.67. The van der Waals surface area contributed by atoms with Gasteiger partial charge in [-0.2, -0.15) is 10.4 Å². The smallest absolute Gasteiger partial charge is 0.488 e. The van der Waals surface area contributed by atoms with Crippen molar-refractivity contribution in [3.8, 4) is 11.8 Å². The third-order valence-electron chi connectivity index (χ3n) is 7.92. The number of halogens is 1. The van der Waals surface area contributed by atoms with Crippen molar-refractivity contribution in [2.75, 3.05) is 13.2 Å². The van der Waals surface area contributed by atoms with Gasteiger partial charge in [0.15, 0.2) is 6.29 Å². The van der Waals surface area contributed by atoms with Crippen LogP contribution in [0.15, 0.2) is 55.0 Å². The molecule has 11 heteroatoms. The van der Waals surface area contributed by atoms with E-state index >= 15 is 0 Å². The third-order valence-corrected chi connectivity index (χ3v) is 8.27.